The largest absolute Gasteiger partial charge is 0.507 e. The highest BCUT2D eigenvalue weighted by Crippen LogP contribution is 2.36. The maximum absolute atomic E-state index is 9.97. The molecule has 1 aromatic heterocycles. The Labute approximate surface area is 124 Å². The van der Waals surface area contributed by atoms with Gasteiger partial charge in [0.15, 0.2) is 0 Å². The van der Waals surface area contributed by atoms with Crippen LogP contribution in [0.5, 0.6) is 11.5 Å². The van der Waals surface area contributed by atoms with Crippen LogP contribution in [0.4, 0.5) is 0 Å². The highest BCUT2D eigenvalue weighted by Gasteiger charge is 2.26. The Morgan fingerprint density at radius 3 is 2.76 bits per heavy atom. The zero-order chi connectivity index (χ0) is 15.0. The average molecular weight is 287 g/mol. The van der Waals surface area contributed by atoms with Gasteiger partial charge in [-0.25, -0.2) is 0 Å². The normalized spacial score (nSPS) is 19.2. The van der Waals surface area contributed by atoms with Gasteiger partial charge in [0.1, 0.15) is 11.5 Å². The molecule has 3 rings (SSSR count). The highest BCUT2D eigenvalue weighted by atomic mass is 16.3. The molecule has 5 nitrogen and oxygen atoms in total. The molecule has 0 radical (unpaired) electrons. The Balaban J connectivity index is 1.84. The van der Waals surface area contributed by atoms with Crippen LogP contribution in [0.1, 0.15) is 48.7 Å². The number of hydrogen-bond acceptors (Lipinski definition) is 4. The van der Waals surface area contributed by atoms with E-state index in [1.807, 2.05) is 24.9 Å². The summed E-state index contributed by atoms with van der Waals surface area (Å²) in [5, 5.41) is 27.8. The van der Waals surface area contributed by atoms with Gasteiger partial charge in [0.05, 0.1) is 11.8 Å². The molecule has 0 amide bonds. The number of aryl methyl sites for hydroxylation is 1. The first-order valence-corrected chi connectivity index (χ1v) is 7.35. The van der Waals surface area contributed by atoms with Crippen LogP contribution in [0.25, 0.3) is 0 Å². The SMILES string of the molecule is CC(NC1CCCc2c1cnn2C)c1c(O)cccc1O. The van der Waals surface area contributed by atoms with Crippen LogP contribution in [-0.4, -0.2) is 20.0 Å². The fourth-order valence-electron chi connectivity index (χ4n) is 3.25. The lowest BCUT2D eigenvalue weighted by Gasteiger charge is -2.28. The second-order valence-electron chi connectivity index (χ2n) is 5.71. The van der Waals surface area contributed by atoms with E-state index in [0.29, 0.717) is 5.56 Å². The van der Waals surface area contributed by atoms with Crippen LogP contribution in [0.3, 0.4) is 0 Å². The van der Waals surface area contributed by atoms with Crippen molar-refractivity contribution in [3.63, 3.8) is 0 Å². The Bertz CT molecular complexity index is 631. The van der Waals surface area contributed by atoms with Gasteiger partial charge in [-0.05, 0) is 38.3 Å². The molecule has 0 saturated heterocycles. The third-order valence-corrected chi connectivity index (χ3v) is 4.32. The fourth-order valence-corrected chi connectivity index (χ4v) is 3.25. The minimum Gasteiger partial charge on any atom is -0.507 e. The number of benzene rings is 1. The van der Waals surface area contributed by atoms with Crippen molar-refractivity contribution in [2.45, 2.75) is 38.3 Å². The molecule has 2 atom stereocenters. The minimum atomic E-state index is -0.137. The molecule has 2 unspecified atom stereocenters. The van der Waals surface area contributed by atoms with Crippen LogP contribution >= 0.6 is 0 Å². The summed E-state index contributed by atoms with van der Waals surface area (Å²) in [5.74, 6) is 0.245. The van der Waals surface area contributed by atoms with Crippen molar-refractivity contribution in [2.75, 3.05) is 0 Å². The van der Waals surface area contributed by atoms with Crippen LogP contribution in [0.15, 0.2) is 24.4 Å². The van der Waals surface area contributed by atoms with Gasteiger partial charge in [0.2, 0.25) is 0 Å². The predicted octanol–water partition coefficient (Wildman–Crippen LogP) is 2.56. The lowest BCUT2D eigenvalue weighted by molar-refractivity contribution is 0.380. The van der Waals surface area contributed by atoms with E-state index in [9.17, 15) is 10.2 Å². The average Bonchev–Trinajstić information content (AvgIpc) is 2.82. The van der Waals surface area contributed by atoms with Gasteiger partial charge in [-0.15, -0.1) is 0 Å². The summed E-state index contributed by atoms with van der Waals surface area (Å²) < 4.78 is 1.94. The second kappa shape index (κ2) is 5.41. The molecule has 21 heavy (non-hydrogen) atoms. The van der Waals surface area contributed by atoms with Crippen LogP contribution < -0.4 is 5.32 Å². The van der Waals surface area contributed by atoms with Crippen molar-refractivity contribution in [3.05, 3.63) is 41.2 Å². The molecule has 0 spiro atoms. The summed E-state index contributed by atoms with van der Waals surface area (Å²) in [7, 11) is 1.97. The van der Waals surface area contributed by atoms with E-state index in [1.165, 1.54) is 11.3 Å². The Hall–Kier alpha value is -2.01. The lowest BCUT2D eigenvalue weighted by atomic mass is 9.91. The van der Waals surface area contributed by atoms with E-state index < -0.39 is 0 Å². The van der Waals surface area contributed by atoms with Gasteiger partial charge in [-0.3, -0.25) is 4.68 Å². The third kappa shape index (κ3) is 2.49. The summed E-state index contributed by atoms with van der Waals surface area (Å²) in [6.07, 6.45) is 5.13. The maximum Gasteiger partial charge on any atom is 0.124 e. The molecule has 0 saturated carbocycles. The van der Waals surface area contributed by atoms with E-state index in [1.54, 1.807) is 18.2 Å². The Morgan fingerprint density at radius 1 is 1.33 bits per heavy atom. The molecular formula is C16H21N3O2. The highest BCUT2D eigenvalue weighted by molar-refractivity contribution is 5.45. The molecule has 0 aliphatic heterocycles. The van der Waals surface area contributed by atoms with Gasteiger partial charge in [-0.2, -0.15) is 5.10 Å². The molecule has 3 N–H and O–H groups in total. The van der Waals surface area contributed by atoms with Gasteiger partial charge in [0.25, 0.3) is 0 Å². The molecule has 5 heteroatoms. The number of nitrogens with zero attached hydrogens (tertiary/aromatic N) is 2. The van der Waals surface area contributed by atoms with Gasteiger partial charge < -0.3 is 15.5 Å². The smallest absolute Gasteiger partial charge is 0.124 e. The number of fused-ring (bicyclic) bond motifs is 1. The van der Waals surface area contributed by atoms with E-state index in [2.05, 4.69) is 10.4 Å². The molecule has 1 aliphatic rings. The molecule has 1 aromatic carbocycles. The minimum absolute atomic E-state index is 0.122. The van der Waals surface area contributed by atoms with Crippen LogP contribution in [-0.2, 0) is 13.5 Å². The molecule has 2 aromatic rings. The third-order valence-electron chi connectivity index (χ3n) is 4.32. The van der Waals surface area contributed by atoms with Crippen molar-refractivity contribution < 1.29 is 10.2 Å². The second-order valence-corrected chi connectivity index (χ2v) is 5.71. The number of aromatic nitrogens is 2. The van der Waals surface area contributed by atoms with Crippen molar-refractivity contribution in [1.82, 2.24) is 15.1 Å². The lowest BCUT2D eigenvalue weighted by Crippen LogP contribution is -2.27. The molecule has 0 fully saturated rings. The van der Waals surface area contributed by atoms with Crippen molar-refractivity contribution in [1.29, 1.82) is 0 Å². The molecular weight excluding hydrogens is 266 g/mol. The van der Waals surface area contributed by atoms with Gasteiger partial charge in [-0.1, -0.05) is 6.07 Å². The van der Waals surface area contributed by atoms with Crippen molar-refractivity contribution in [2.24, 2.45) is 7.05 Å². The first-order valence-electron chi connectivity index (χ1n) is 7.35. The summed E-state index contributed by atoms with van der Waals surface area (Å²) >= 11 is 0. The quantitative estimate of drug-likeness (QED) is 0.811. The molecule has 1 aliphatic carbocycles. The summed E-state index contributed by atoms with van der Waals surface area (Å²) in [6.45, 7) is 1.96. The van der Waals surface area contributed by atoms with E-state index in [0.717, 1.165) is 19.3 Å². The summed E-state index contributed by atoms with van der Waals surface area (Å²) in [6, 6.07) is 4.91. The standard InChI is InChI=1S/C16H21N3O2/c1-10(16-14(20)7-4-8-15(16)21)18-12-5-3-6-13-11(12)9-17-19(13)2/h4,7-10,12,18,20-21H,3,5-6H2,1-2H3. The van der Waals surface area contributed by atoms with E-state index in [-0.39, 0.29) is 23.6 Å². The monoisotopic (exact) mass is 287 g/mol. The number of nitrogens with one attached hydrogen (secondary N) is 1. The van der Waals surface area contributed by atoms with E-state index in [4.69, 9.17) is 0 Å². The van der Waals surface area contributed by atoms with Crippen LogP contribution in [0.2, 0.25) is 0 Å². The number of phenolic OH excluding ortho intramolecular Hbond substituents is 2. The van der Waals surface area contributed by atoms with Crippen molar-refractivity contribution >= 4 is 0 Å². The molecule has 1 heterocycles. The molecule has 0 bridgehead atoms. The van der Waals surface area contributed by atoms with Crippen molar-refractivity contribution in [3.8, 4) is 11.5 Å². The number of rotatable bonds is 3. The first kappa shape index (κ1) is 13.9. The topological polar surface area (TPSA) is 70.3 Å². The van der Waals surface area contributed by atoms with Gasteiger partial charge in [0, 0.05) is 30.4 Å². The van der Waals surface area contributed by atoms with Crippen LogP contribution in [0, 0.1) is 0 Å². The zero-order valence-electron chi connectivity index (χ0n) is 12.4. The maximum atomic E-state index is 9.97. The number of hydrogen-bond donors (Lipinski definition) is 3. The predicted molar refractivity (Wildman–Crippen MR) is 80.2 cm³/mol. The van der Waals surface area contributed by atoms with E-state index >= 15 is 0 Å². The summed E-state index contributed by atoms with van der Waals surface area (Å²) in [4.78, 5) is 0. The number of phenols is 2. The first-order chi connectivity index (χ1) is 10.1. The van der Waals surface area contributed by atoms with Gasteiger partial charge >= 0.3 is 0 Å². The Morgan fingerprint density at radius 2 is 2.05 bits per heavy atom. The molecule has 112 valence electrons. The fraction of sp³-hybridized carbons (Fsp3) is 0.438. The Kier molecular flexibility index (Phi) is 3.59. The number of aromatic hydroxyl groups is 2. The summed E-state index contributed by atoms with van der Waals surface area (Å²) in [5.41, 5.74) is 3.05. The zero-order valence-corrected chi connectivity index (χ0v) is 12.4.